The van der Waals surface area contributed by atoms with Crippen LogP contribution in [0.25, 0.3) is 28.3 Å². The molecule has 1 amide bonds. The minimum atomic E-state index is -0.419. The number of nitrogens with one attached hydrogen (secondary N) is 2. The number of aromatic amines is 1. The molecule has 0 fully saturated rings. The second-order valence-electron chi connectivity index (χ2n) is 6.75. The molecule has 0 spiro atoms. The van der Waals surface area contributed by atoms with E-state index in [1.165, 1.54) is 6.08 Å². The first-order valence-corrected chi connectivity index (χ1v) is 10.2. The van der Waals surface area contributed by atoms with E-state index in [1.54, 1.807) is 6.07 Å². The smallest absolute Gasteiger partial charge is 0.262 e. The third-order valence-electron chi connectivity index (χ3n) is 4.74. The molecule has 0 aliphatic carbocycles. The largest absolute Gasteiger partial charge is 0.457 e. The molecule has 0 radical (unpaired) electrons. The fraction of sp³-hybridized carbons (Fsp3) is 0.0833. The summed E-state index contributed by atoms with van der Waals surface area (Å²) in [6, 6.07) is 21.3. The summed E-state index contributed by atoms with van der Waals surface area (Å²) in [4.78, 5) is 15.7. The number of halogens is 1. The van der Waals surface area contributed by atoms with Gasteiger partial charge >= 0.3 is 0 Å². The Bertz CT molecular complexity index is 1280. The van der Waals surface area contributed by atoms with Crippen LogP contribution in [0.4, 0.5) is 0 Å². The van der Waals surface area contributed by atoms with Crippen LogP contribution < -0.4 is 5.32 Å². The van der Waals surface area contributed by atoms with Crippen molar-refractivity contribution in [1.29, 1.82) is 5.26 Å². The highest BCUT2D eigenvalue weighted by atomic mass is 79.9. The summed E-state index contributed by atoms with van der Waals surface area (Å²) < 4.78 is 6.73. The van der Waals surface area contributed by atoms with Crippen LogP contribution in [0.3, 0.4) is 0 Å². The number of H-pyrrole nitrogens is 1. The predicted octanol–water partition coefficient (Wildman–Crippen LogP) is 5.46. The van der Waals surface area contributed by atoms with Crippen molar-refractivity contribution in [2.75, 3.05) is 6.54 Å². The van der Waals surface area contributed by atoms with Crippen LogP contribution in [0.1, 0.15) is 11.3 Å². The lowest BCUT2D eigenvalue weighted by Crippen LogP contribution is -2.26. The monoisotopic (exact) mass is 459 g/mol. The molecule has 2 N–H and O–H groups in total. The van der Waals surface area contributed by atoms with Gasteiger partial charge in [0.15, 0.2) is 0 Å². The lowest BCUT2D eigenvalue weighted by atomic mass is 10.1. The van der Waals surface area contributed by atoms with Crippen molar-refractivity contribution < 1.29 is 9.21 Å². The average Bonchev–Trinajstić information content (AvgIpc) is 3.39. The minimum Gasteiger partial charge on any atom is -0.457 e. The number of carbonyl (C=O) groups is 1. The van der Waals surface area contributed by atoms with E-state index in [1.807, 2.05) is 66.9 Å². The number of fused-ring (bicyclic) bond motifs is 1. The Morgan fingerprint density at radius 3 is 2.87 bits per heavy atom. The number of benzene rings is 2. The predicted molar refractivity (Wildman–Crippen MR) is 120 cm³/mol. The number of aromatic nitrogens is 1. The Labute approximate surface area is 182 Å². The van der Waals surface area contributed by atoms with E-state index in [-0.39, 0.29) is 5.57 Å². The number of amides is 1. The van der Waals surface area contributed by atoms with Crippen LogP contribution >= 0.6 is 15.9 Å². The maximum absolute atomic E-state index is 12.4. The maximum Gasteiger partial charge on any atom is 0.262 e. The van der Waals surface area contributed by atoms with Crippen LogP contribution in [-0.2, 0) is 11.2 Å². The third-order valence-corrected chi connectivity index (χ3v) is 5.24. The molecule has 0 unspecified atom stereocenters. The van der Waals surface area contributed by atoms with E-state index in [9.17, 15) is 10.1 Å². The van der Waals surface area contributed by atoms with E-state index < -0.39 is 5.91 Å². The highest BCUT2D eigenvalue weighted by Gasteiger charge is 2.11. The number of rotatable bonds is 6. The summed E-state index contributed by atoms with van der Waals surface area (Å²) in [5.41, 5.74) is 3.10. The van der Waals surface area contributed by atoms with E-state index in [0.717, 1.165) is 26.5 Å². The number of nitrogens with zero attached hydrogens (tertiary/aromatic N) is 1. The van der Waals surface area contributed by atoms with Gasteiger partial charge in [-0.05, 0) is 42.3 Å². The topological polar surface area (TPSA) is 81.8 Å². The standard InChI is InChI=1S/C24H18BrN3O2/c25-19-5-3-4-16(12-19)23-9-8-20(30-23)13-18(14-26)24(29)27-11-10-17-15-28-22-7-2-1-6-21(17)22/h1-9,12-13,15,28H,10-11H2,(H,27,29)/b18-13-. The third kappa shape index (κ3) is 4.37. The second-order valence-corrected chi connectivity index (χ2v) is 7.66. The van der Waals surface area contributed by atoms with Crippen LogP contribution in [0.2, 0.25) is 0 Å². The molecule has 30 heavy (non-hydrogen) atoms. The van der Waals surface area contributed by atoms with Crippen molar-refractivity contribution in [2.45, 2.75) is 6.42 Å². The van der Waals surface area contributed by atoms with Crippen molar-refractivity contribution in [1.82, 2.24) is 10.3 Å². The maximum atomic E-state index is 12.4. The molecule has 0 aliphatic heterocycles. The zero-order valence-corrected chi connectivity index (χ0v) is 17.6. The Morgan fingerprint density at radius 1 is 1.17 bits per heavy atom. The molecule has 0 bridgehead atoms. The molecule has 2 aromatic heterocycles. The molecule has 0 saturated heterocycles. The van der Waals surface area contributed by atoms with Gasteiger partial charge in [-0.25, -0.2) is 0 Å². The molecular formula is C24H18BrN3O2. The molecular weight excluding hydrogens is 442 g/mol. The minimum absolute atomic E-state index is 0.00377. The van der Waals surface area contributed by atoms with E-state index in [0.29, 0.717) is 24.5 Å². The van der Waals surface area contributed by atoms with Crippen molar-refractivity contribution in [2.24, 2.45) is 0 Å². The SMILES string of the molecule is N#C/C(=C/c1ccc(-c2cccc(Br)c2)o1)C(=O)NCCc1c[nH]c2ccccc12. The van der Waals surface area contributed by atoms with Crippen LogP contribution in [0, 0.1) is 11.3 Å². The van der Waals surface area contributed by atoms with E-state index >= 15 is 0 Å². The highest BCUT2D eigenvalue weighted by molar-refractivity contribution is 9.10. The van der Waals surface area contributed by atoms with Crippen LogP contribution in [0.15, 0.2) is 81.3 Å². The van der Waals surface area contributed by atoms with Gasteiger partial charge in [-0.3, -0.25) is 4.79 Å². The molecule has 0 saturated carbocycles. The first kappa shape index (κ1) is 19.7. The number of hydrogen-bond donors (Lipinski definition) is 2. The number of furan rings is 1. The van der Waals surface area contributed by atoms with Gasteiger partial charge in [0, 0.05) is 39.8 Å². The lowest BCUT2D eigenvalue weighted by Gasteiger charge is -2.03. The Morgan fingerprint density at radius 2 is 2.03 bits per heavy atom. The van der Waals surface area contributed by atoms with Crippen molar-refractivity contribution >= 4 is 38.8 Å². The van der Waals surface area contributed by atoms with Crippen molar-refractivity contribution in [3.05, 3.63) is 88.2 Å². The fourth-order valence-corrected chi connectivity index (χ4v) is 3.66. The Kier molecular flexibility index (Phi) is 5.82. The molecule has 0 atom stereocenters. The van der Waals surface area contributed by atoms with Gasteiger partial charge < -0.3 is 14.7 Å². The number of para-hydroxylation sites is 1. The van der Waals surface area contributed by atoms with Gasteiger partial charge in [0.1, 0.15) is 23.2 Å². The van der Waals surface area contributed by atoms with Gasteiger partial charge in [0.2, 0.25) is 0 Å². The van der Waals surface area contributed by atoms with Crippen molar-refractivity contribution in [3.63, 3.8) is 0 Å². The molecule has 148 valence electrons. The van der Waals surface area contributed by atoms with Gasteiger partial charge in [0.25, 0.3) is 5.91 Å². The first-order chi connectivity index (χ1) is 14.6. The van der Waals surface area contributed by atoms with E-state index in [2.05, 4.69) is 26.2 Å². The van der Waals surface area contributed by atoms with Crippen molar-refractivity contribution in [3.8, 4) is 17.4 Å². The molecule has 6 heteroatoms. The molecule has 2 heterocycles. The van der Waals surface area contributed by atoms with E-state index in [4.69, 9.17) is 4.42 Å². The number of carbonyl (C=O) groups excluding carboxylic acids is 1. The van der Waals surface area contributed by atoms with Gasteiger partial charge in [-0.1, -0.05) is 46.3 Å². The fourth-order valence-electron chi connectivity index (χ4n) is 3.26. The average molecular weight is 460 g/mol. The summed E-state index contributed by atoms with van der Waals surface area (Å²) in [6.07, 6.45) is 4.08. The molecule has 2 aromatic carbocycles. The highest BCUT2D eigenvalue weighted by Crippen LogP contribution is 2.26. The van der Waals surface area contributed by atoms with Gasteiger partial charge in [-0.15, -0.1) is 0 Å². The normalized spacial score (nSPS) is 11.4. The Hall–Kier alpha value is -3.56. The van der Waals surface area contributed by atoms with Gasteiger partial charge in [0.05, 0.1) is 0 Å². The molecule has 5 nitrogen and oxygen atoms in total. The van der Waals surface area contributed by atoms with Crippen LogP contribution in [0.5, 0.6) is 0 Å². The second kappa shape index (κ2) is 8.85. The summed E-state index contributed by atoms with van der Waals surface area (Å²) in [5, 5.41) is 13.4. The zero-order valence-electron chi connectivity index (χ0n) is 16.0. The summed E-state index contributed by atoms with van der Waals surface area (Å²) >= 11 is 3.44. The Balaban J connectivity index is 1.41. The van der Waals surface area contributed by atoms with Crippen LogP contribution in [-0.4, -0.2) is 17.4 Å². The summed E-state index contributed by atoms with van der Waals surface area (Å²) in [5.74, 6) is 0.700. The summed E-state index contributed by atoms with van der Waals surface area (Å²) in [7, 11) is 0. The quantitative estimate of drug-likeness (QED) is 0.296. The summed E-state index contributed by atoms with van der Waals surface area (Å²) in [6.45, 7) is 0.432. The lowest BCUT2D eigenvalue weighted by molar-refractivity contribution is -0.117. The zero-order chi connectivity index (χ0) is 20.9. The first-order valence-electron chi connectivity index (χ1n) is 9.45. The van der Waals surface area contributed by atoms with Gasteiger partial charge in [-0.2, -0.15) is 5.26 Å². The molecule has 4 aromatic rings. The molecule has 4 rings (SSSR count). The number of hydrogen-bond acceptors (Lipinski definition) is 3. The molecule has 0 aliphatic rings. The number of nitriles is 1.